The number of nitrogens with zero attached hydrogens (tertiary/aromatic N) is 2. The number of carbonyl (C=O) groups is 1. The maximum absolute atomic E-state index is 13.5. The van der Waals surface area contributed by atoms with Crippen LogP contribution in [0.15, 0.2) is 36.4 Å². The Labute approximate surface area is 147 Å². The third kappa shape index (κ3) is 3.73. The predicted molar refractivity (Wildman–Crippen MR) is 88.4 cm³/mol. The summed E-state index contributed by atoms with van der Waals surface area (Å²) >= 11 is 0.875. The van der Waals surface area contributed by atoms with E-state index in [2.05, 4.69) is 15.6 Å². The van der Waals surface area contributed by atoms with Gasteiger partial charge in [-0.2, -0.15) is 18.4 Å². The van der Waals surface area contributed by atoms with Gasteiger partial charge in [-0.3, -0.25) is 5.32 Å². The minimum absolute atomic E-state index is 0.0888. The molecule has 0 saturated heterocycles. The molecule has 0 unspecified atom stereocenters. The fourth-order valence-electron chi connectivity index (χ4n) is 2.10. The highest BCUT2D eigenvalue weighted by Crippen LogP contribution is 2.34. The molecule has 132 valence electrons. The van der Waals surface area contributed by atoms with E-state index in [1.807, 2.05) is 0 Å². The monoisotopic (exact) mass is 380 g/mol. The molecule has 0 aliphatic rings. The number of aromatic nitrogens is 1. The molecule has 26 heavy (non-hydrogen) atoms. The van der Waals surface area contributed by atoms with Gasteiger partial charge in [-0.1, -0.05) is 11.3 Å². The van der Waals surface area contributed by atoms with Gasteiger partial charge >= 0.3 is 12.2 Å². The van der Waals surface area contributed by atoms with Crippen LogP contribution in [0.25, 0.3) is 10.2 Å². The minimum atomic E-state index is -4.47. The number of anilines is 2. The lowest BCUT2D eigenvalue weighted by Crippen LogP contribution is -2.19. The van der Waals surface area contributed by atoms with Crippen molar-refractivity contribution in [3.05, 3.63) is 53.3 Å². The fraction of sp³-hybridized carbons (Fsp3) is 0.0625. The molecule has 0 atom stereocenters. The number of benzene rings is 2. The van der Waals surface area contributed by atoms with Gasteiger partial charge in [0.2, 0.25) is 0 Å². The first kappa shape index (κ1) is 17.6. The van der Waals surface area contributed by atoms with E-state index in [0.717, 1.165) is 29.5 Å². The molecule has 0 spiro atoms. The molecule has 0 bridgehead atoms. The molecule has 2 N–H and O–H groups in total. The summed E-state index contributed by atoms with van der Waals surface area (Å²) in [5.41, 5.74) is -0.553. The van der Waals surface area contributed by atoms with Crippen molar-refractivity contribution in [2.75, 3.05) is 10.6 Å². The van der Waals surface area contributed by atoms with E-state index >= 15 is 0 Å². The molecular formula is C16H8F4N4OS. The van der Waals surface area contributed by atoms with Crippen LogP contribution in [0.3, 0.4) is 0 Å². The number of hydrogen-bond acceptors (Lipinski definition) is 4. The van der Waals surface area contributed by atoms with Crippen LogP contribution in [0.4, 0.5) is 33.2 Å². The van der Waals surface area contributed by atoms with Gasteiger partial charge in [-0.05, 0) is 36.4 Å². The first-order valence-corrected chi connectivity index (χ1v) is 7.83. The van der Waals surface area contributed by atoms with Crippen molar-refractivity contribution in [3.8, 4) is 6.07 Å². The Morgan fingerprint density at radius 3 is 2.58 bits per heavy atom. The Bertz CT molecular complexity index is 1040. The van der Waals surface area contributed by atoms with Gasteiger partial charge in [0.05, 0.1) is 21.3 Å². The van der Waals surface area contributed by atoms with Crippen molar-refractivity contribution < 1.29 is 22.4 Å². The van der Waals surface area contributed by atoms with E-state index in [4.69, 9.17) is 5.26 Å². The van der Waals surface area contributed by atoms with E-state index in [9.17, 15) is 22.4 Å². The van der Waals surface area contributed by atoms with Crippen molar-refractivity contribution in [2.24, 2.45) is 0 Å². The Balaban J connectivity index is 1.75. The summed E-state index contributed by atoms with van der Waals surface area (Å²) in [5.74, 6) is -0.787. The number of rotatable bonds is 2. The van der Waals surface area contributed by atoms with Gasteiger partial charge in [-0.25, -0.2) is 14.2 Å². The summed E-state index contributed by atoms with van der Waals surface area (Å²) in [6, 6.07) is 7.51. The minimum Gasteiger partial charge on any atom is -0.308 e. The summed E-state index contributed by atoms with van der Waals surface area (Å²) in [6.07, 6.45) is -4.47. The highest BCUT2D eigenvalue weighted by Gasteiger charge is 2.30. The standard InChI is InChI=1S/C16H8F4N4OS/c17-11-6-10(3-1-8(11)7-21)22-14(25)24-15-23-12-4-2-9(16(18,19)20)5-13(12)26-15/h1-6H,(H2,22,23,24,25). The van der Waals surface area contributed by atoms with Crippen LogP contribution < -0.4 is 10.6 Å². The molecule has 0 radical (unpaired) electrons. The van der Waals surface area contributed by atoms with Crippen LogP contribution in [0, 0.1) is 17.1 Å². The Morgan fingerprint density at radius 1 is 1.15 bits per heavy atom. The highest BCUT2D eigenvalue weighted by molar-refractivity contribution is 7.22. The lowest BCUT2D eigenvalue weighted by atomic mass is 10.2. The van der Waals surface area contributed by atoms with Gasteiger partial charge in [0.15, 0.2) is 5.13 Å². The molecule has 1 aromatic heterocycles. The maximum atomic E-state index is 13.5. The van der Waals surface area contributed by atoms with Crippen molar-refractivity contribution in [1.82, 2.24) is 4.98 Å². The van der Waals surface area contributed by atoms with E-state index < -0.39 is 23.6 Å². The number of thiazole rings is 1. The van der Waals surface area contributed by atoms with Gasteiger partial charge in [0, 0.05) is 5.69 Å². The molecule has 0 saturated carbocycles. The van der Waals surface area contributed by atoms with E-state index in [-0.39, 0.29) is 21.1 Å². The summed E-state index contributed by atoms with van der Waals surface area (Å²) in [7, 11) is 0. The number of alkyl halides is 3. The maximum Gasteiger partial charge on any atom is 0.416 e. The number of halogens is 4. The lowest BCUT2D eigenvalue weighted by molar-refractivity contribution is -0.137. The van der Waals surface area contributed by atoms with Crippen molar-refractivity contribution in [3.63, 3.8) is 0 Å². The molecule has 0 fully saturated rings. The molecule has 0 aliphatic carbocycles. The second kappa shape index (κ2) is 6.61. The van der Waals surface area contributed by atoms with E-state index in [1.54, 1.807) is 6.07 Å². The number of hydrogen-bond donors (Lipinski definition) is 2. The molecule has 2 amide bonds. The van der Waals surface area contributed by atoms with E-state index in [1.165, 1.54) is 18.2 Å². The average molecular weight is 380 g/mol. The molecule has 0 aliphatic heterocycles. The quantitative estimate of drug-likeness (QED) is 0.616. The largest absolute Gasteiger partial charge is 0.416 e. The van der Waals surface area contributed by atoms with Gasteiger partial charge < -0.3 is 5.32 Å². The highest BCUT2D eigenvalue weighted by atomic mass is 32.1. The Morgan fingerprint density at radius 2 is 1.92 bits per heavy atom. The first-order chi connectivity index (χ1) is 12.3. The second-order valence-electron chi connectivity index (χ2n) is 5.08. The molecule has 10 heteroatoms. The lowest BCUT2D eigenvalue weighted by Gasteiger charge is -2.05. The van der Waals surface area contributed by atoms with E-state index in [0.29, 0.717) is 5.52 Å². The fourth-order valence-corrected chi connectivity index (χ4v) is 3.00. The number of fused-ring (bicyclic) bond motifs is 1. The van der Waals surface area contributed by atoms with Crippen LogP contribution in [0.5, 0.6) is 0 Å². The zero-order valence-electron chi connectivity index (χ0n) is 12.7. The molecule has 3 aromatic rings. The predicted octanol–water partition coefficient (Wildman–Crippen LogP) is 4.97. The van der Waals surface area contributed by atoms with Gasteiger partial charge in [0.1, 0.15) is 11.9 Å². The Hall–Kier alpha value is -3.19. The van der Waals surface area contributed by atoms with Crippen LogP contribution in [-0.2, 0) is 6.18 Å². The number of nitrogens with one attached hydrogen (secondary N) is 2. The number of amides is 2. The number of urea groups is 1. The normalized spacial score (nSPS) is 11.2. The smallest absolute Gasteiger partial charge is 0.308 e. The topological polar surface area (TPSA) is 77.8 Å². The molecule has 2 aromatic carbocycles. The van der Waals surface area contributed by atoms with Crippen LogP contribution in [0.2, 0.25) is 0 Å². The van der Waals surface area contributed by atoms with Crippen molar-refractivity contribution >= 4 is 38.4 Å². The van der Waals surface area contributed by atoms with Crippen molar-refractivity contribution in [2.45, 2.75) is 6.18 Å². The zero-order valence-corrected chi connectivity index (χ0v) is 13.5. The summed E-state index contributed by atoms with van der Waals surface area (Å²) in [5, 5.41) is 13.5. The zero-order chi connectivity index (χ0) is 18.9. The third-order valence-corrected chi connectivity index (χ3v) is 4.22. The Kier molecular flexibility index (Phi) is 4.48. The summed E-state index contributed by atoms with van der Waals surface area (Å²) < 4.78 is 51.9. The molecule has 5 nitrogen and oxygen atoms in total. The second-order valence-corrected chi connectivity index (χ2v) is 6.12. The number of carbonyl (C=O) groups excluding carboxylic acids is 1. The van der Waals surface area contributed by atoms with Gasteiger partial charge in [0.25, 0.3) is 0 Å². The van der Waals surface area contributed by atoms with Crippen LogP contribution >= 0.6 is 11.3 Å². The van der Waals surface area contributed by atoms with Crippen LogP contribution in [-0.4, -0.2) is 11.0 Å². The van der Waals surface area contributed by atoms with Crippen molar-refractivity contribution in [1.29, 1.82) is 5.26 Å². The number of nitriles is 1. The van der Waals surface area contributed by atoms with Gasteiger partial charge in [-0.15, -0.1) is 0 Å². The summed E-state index contributed by atoms with van der Waals surface area (Å²) in [4.78, 5) is 16.0. The molecule has 3 rings (SSSR count). The average Bonchev–Trinajstić information content (AvgIpc) is 2.95. The first-order valence-electron chi connectivity index (χ1n) is 7.02. The summed E-state index contributed by atoms with van der Waals surface area (Å²) in [6.45, 7) is 0. The molecule has 1 heterocycles. The SMILES string of the molecule is N#Cc1ccc(NC(=O)Nc2nc3ccc(C(F)(F)F)cc3s2)cc1F. The van der Waals surface area contributed by atoms with Crippen LogP contribution in [0.1, 0.15) is 11.1 Å². The third-order valence-electron chi connectivity index (χ3n) is 3.28. The molecular weight excluding hydrogens is 372 g/mol.